The summed E-state index contributed by atoms with van der Waals surface area (Å²) in [5.74, 6) is 0.248. The summed E-state index contributed by atoms with van der Waals surface area (Å²) in [6.07, 6.45) is 4.70. The zero-order chi connectivity index (χ0) is 22.8. The van der Waals surface area contributed by atoms with Gasteiger partial charge in [-0.15, -0.1) is 0 Å². The largest absolute Gasteiger partial charge is 0.383 e. The third-order valence-electron chi connectivity index (χ3n) is 7.65. The van der Waals surface area contributed by atoms with Crippen LogP contribution in [-0.4, -0.2) is 49.1 Å². The molecule has 33 heavy (non-hydrogen) atoms. The number of nitrogens with one attached hydrogen (secondary N) is 2. The van der Waals surface area contributed by atoms with Crippen LogP contribution in [0, 0.1) is 11.8 Å². The highest BCUT2D eigenvalue weighted by Gasteiger charge is 2.48. The minimum Gasteiger partial charge on any atom is -0.383 e. The highest BCUT2D eigenvalue weighted by atomic mass is 16.5. The summed E-state index contributed by atoms with van der Waals surface area (Å²) in [6, 6.07) is 17.7. The average Bonchev–Trinajstić information content (AvgIpc) is 3.31. The molecule has 1 saturated carbocycles. The molecule has 2 fully saturated rings. The summed E-state index contributed by atoms with van der Waals surface area (Å²) in [5, 5.41) is 6.83. The number of amides is 2. The predicted molar refractivity (Wildman–Crippen MR) is 128 cm³/mol. The van der Waals surface area contributed by atoms with Crippen LogP contribution >= 0.6 is 0 Å². The lowest BCUT2D eigenvalue weighted by atomic mass is 9.81. The highest BCUT2D eigenvalue weighted by Crippen LogP contribution is 2.47. The Morgan fingerprint density at radius 1 is 1.03 bits per heavy atom. The molecule has 2 aromatic carbocycles. The van der Waals surface area contributed by atoms with Gasteiger partial charge in [0.1, 0.15) is 0 Å². The number of fused-ring (bicyclic) bond motifs is 3. The van der Waals surface area contributed by atoms with Gasteiger partial charge < -0.3 is 20.3 Å². The second-order valence-electron chi connectivity index (χ2n) is 9.56. The molecule has 0 unspecified atom stereocenters. The SMILES string of the molecule is COC[C@H]1Nc2ccccc2[C@@H]2[C@H]1CCN2C(=O)[C@H]1CCCC[C@H]1NC(=O)c1ccccc1. The van der Waals surface area contributed by atoms with E-state index >= 15 is 0 Å². The van der Waals surface area contributed by atoms with Gasteiger partial charge in [-0.2, -0.15) is 0 Å². The van der Waals surface area contributed by atoms with Crippen molar-refractivity contribution in [2.24, 2.45) is 11.8 Å². The molecule has 1 aliphatic carbocycles. The first-order valence-electron chi connectivity index (χ1n) is 12.2. The van der Waals surface area contributed by atoms with Gasteiger partial charge in [-0.05, 0) is 43.0 Å². The van der Waals surface area contributed by atoms with E-state index in [2.05, 4.69) is 33.7 Å². The Labute approximate surface area is 195 Å². The molecule has 0 radical (unpaired) electrons. The molecule has 0 spiro atoms. The molecule has 3 aliphatic rings. The molecule has 2 amide bonds. The van der Waals surface area contributed by atoms with Crippen molar-refractivity contribution in [2.45, 2.75) is 50.2 Å². The summed E-state index contributed by atoms with van der Waals surface area (Å²) in [5.41, 5.74) is 2.93. The number of anilines is 1. The second-order valence-corrected chi connectivity index (χ2v) is 9.56. The van der Waals surface area contributed by atoms with E-state index in [0.717, 1.165) is 44.3 Å². The van der Waals surface area contributed by atoms with Gasteiger partial charge in [-0.3, -0.25) is 9.59 Å². The number of carbonyl (C=O) groups excluding carboxylic acids is 2. The molecule has 0 aromatic heterocycles. The van der Waals surface area contributed by atoms with E-state index < -0.39 is 0 Å². The number of ether oxygens (including phenoxy) is 1. The number of benzene rings is 2. The number of carbonyl (C=O) groups is 2. The zero-order valence-electron chi connectivity index (χ0n) is 19.2. The first-order chi connectivity index (χ1) is 16.2. The van der Waals surface area contributed by atoms with Crippen molar-refractivity contribution in [1.29, 1.82) is 0 Å². The first-order valence-corrected chi connectivity index (χ1v) is 12.2. The maximum absolute atomic E-state index is 14.0. The van der Waals surface area contributed by atoms with Crippen molar-refractivity contribution < 1.29 is 14.3 Å². The van der Waals surface area contributed by atoms with E-state index in [4.69, 9.17) is 4.74 Å². The molecule has 5 atom stereocenters. The highest BCUT2D eigenvalue weighted by molar-refractivity contribution is 5.94. The Morgan fingerprint density at radius 3 is 2.61 bits per heavy atom. The van der Waals surface area contributed by atoms with Crippen molar-refractivity contribution in [3.63, 3.8) is 0 Å². The first kappa shape index (κ1) is 22.0. The molecule has 5 rings (SSSR count). The van der Waals surface area contributed by atoms with Gasteiger partial charge in [-0.25, -0.2) is 0 Å². The van der Waals surface area contributed by atoms with E-state index in [9.17, 15) is 9.59 Å². The second kappa shape index (κ2) is 9.56. The van der Waals surface area contributed by atoms with E-state index in [1.807, 2.05) is 36.4 Å². The van der Waals surface area contributed by atoms with E-state index in [1.165, 1.54) is 5.56 Å². The van der Waals surface area contributed by atoms with Crippen molar-refractivity contribution in [1.82, 2.24) is 10.2 Å². The summed E-state index contributed by atoms with van der Waals surface area (Å²) in [4.78, 5) is 28.9. The fourth-order valence-electron chi connectivity index (χ4n) is 6.07. The van der Waals surface area contributed by atoms with Crippen molar-refractivity contribution in [2.75, 3.05) is 25.6 Å². The van der Waals surface area contributed by atoms with Crippen molar-refractivity contribution in [3.05, 3.63) is 65.7 Å². The number of hydrogen-bond acceptors (Lipinski definition) is 4. The Bertz CT molecular complexity index is 995. The van der Waals surface area contributed by atoms with Crippen LogP contribution in [0.15, 0.2) is 54.6 Å². The molecule has 6 nitrogen and oxygen atoms in total. The number of methoxy groups -OCH3 is 1. The van der Waals surface area contributed by atoms with Crippen molar-refractivity contribution >= 4 is 17.5 Å². The van der Waals surface area contributed by atoms with E-state index in [1.54, 1.807) is 7.11 Å². The van der Waals surface area contributed by atoms with Crippen LogP contribution < -0.4 is 10.6 Å². The van der Waals surface area contributed by atoms with E-state index in [0.29, 0.717) is 18.1 Å². The number of hydrogen-bond donors (Lipinski definition) is 2. The third-order valence-corrected chi connectivity index (χ3v) is 7.65. The number of likely N-dealkylation sites (tertiary alicyclic amines) is 1. The van der Waals surface area contributed by atoms with Crippen LogP contribution in [0.25, 0.3) is 0 Å². The Morgan fingerprint density at radius 2 is 1.79 bits per heavy atom. The van der Waals surface area contributed by atoms with Gasteiger partial charge in [0.2, 0.25) is 5.91 Å². The molecule has 174 valence electrons. The molecular formula is C27H33N3O3. The maximum atomic E-state index is 14.0. The third kappa shape index (κ3) is 4.24. The van der Waals surface area contributed by atoms with Gasteiger partial charge in [0, 0.05) is 36.9 Å². The number of nitrogens with zero attached hydrogens (tertiary/aromatic N) is 1. The monoisotopic (exact) mass is 447 g/mol. The average molecular weight is 448 g/mol. The van der Waals surface area contributed by atoms with Gasteiger partial charge in [0.15, 0.2) is 0 Å². The van der Waals surface area contributed by atoms with Crippen LogP contribution in [-0.2, 0) is 9.53 Å². The Kier molecular flexibility index (Phi) is 6.36. The molecule has 0 bridgehead atoms. The molecule has 2 heterocycles. The molecule has 2 aromatic rings. The Balaban J connectivity index is 1.38. The normalized spacial score (nSPS) is 28.4. The Hall–Kier alpha value is -2.86. The van der Waals surface area contributed by atoms with Crippen LogP contribution in [0.2, 0.25) is 0 Å². The van der Waals surface area contributed by atoms with Crippen LogP contribution in [0.5, 0.6) is 0 Å². The quantitative estimate of drug-likeness (QED) is 0.727. The van der Waals surface area contributed by atoms with Gasteiger partial charge in [-0.1, -0.05) is 49.2 Å². The molecular weight excluding hydrogens is 414 g/mol. The summed E-state index contributed by atoms with van der Waals surface area (Å²) in [6.45, 7) is 1.37. The summed E-state index contributed by atoms with van der Waals surface area (Å²) >= 11 is 0. The number of rotatable bonds is 5. The summed E-state index contributed by atoms with van der Waals surface area (Å²) < 4.78 is 5.51. The van der Waals surface area contributed by atoms with Crippen LogP contribution in [0.4, 0.5) is 5.69 Å². The molecule has 2 aliphatic heterocycles. The van der Waals surface area contributed by atoms with Crippen molar-refractivity contribution in [3.8, 4) is 0 Å². The lowest BCUT2D eigenvalue weighted by molar-refractivity contribution is -0.139. The smallest absolute Gasteiger partial charge is 0.251 e. The van der Waals surface area contributed by atoms with Crippen LogP contribution in [0.1, 0.15) is 54.1 Å². The molecule has 1 saturated heterocycles. The lowest BCUT2D eigenvalue weighted by Gasteiger charge is -2.41. The van der Waals surface area contributed by atoms with E-state index in [-0.39, 0.29) is 35.9 Å². The fourth-order valence-corrected chi connectivity index (χ4v) is 6.07. The summed E-state index contributed by atoms with van der Waals surface area (Å²) in [7, 11) is 1.73. The van der Waals surface area contributed by atoms with Crippen LogP contribution in [0.3, 0.4) is 0 Å². The molecule has 6 heteroatoms. The zero-order valence-corrected chi connectivity index (χ0v) is 19.2. The van der Waals surface area contributed by atoms with Gasteiger partial charge >= 0.3 is 0 Å². The number of para-hydroxylation sites is 1. The van der Waals surface area contributed by atoms with Gasteiger partial charge in [0.05, 0.1) is 24.6 Å². The maximum Gasteiger partial charge on any atom is 0.251 e. The van der Waals surface area contributed by atoms with Gasteiger partial charge in [0.25, 0.3) is 5.91 Å². The lowest BCUT2D eigenvalue weighted by Crippen LogP contribution is -2.50. The standard InChI is InChI=1S/C27H33N3O3/c1-33-17-24-20-15-16-30(25(20)19-11-5-7-13-22(19)28-24)27(32)21-12-6-8-14-23(21)29-26(31)18-9-3-2-4-10-18/h2-5,7,9-11,13,20-21,23-25,28H,6,8,12,14-17H2,1H3,(H,29,31)/t20-,21-,23+,24+,25+/m0/s1. The topological polar surface area (TPSA) is 70.7 Å². The fraction of sp³-hybridized carbons (Fsp3) is 0.481. The predicted octanol–water partition coefficient (Wildman–Crippen LogP) is 4.01. The molecule has 2 N–H and O–H groups in total. The minimum atomic E-state index is -0.173. The minimum absolute atomic E-state index is 0.0579.